The number of aromatic nitrogens is 2. The monoisotopic (exact) mass is 373 g/mol. The molecule has 0 aliphatic heterocycles. The van der Waals surface area contributed by atoms with Crippen LogP contribution < -0.4 is 4.72 Å². The SMILES string of the molecule is Cc1cc(Br)ccc1NS(=O)(=O)c1c(C(=O)O)n[nH]c1C. The van der Waals surface area contributed by atoms with Crippen LogP contribution in [0.2, 0.25) is 0 Å². The van der Waals surface area contributed by atoms with Gasteiger partial charge in [-0.2, -0.15) is 5.10 Å². The minimum Gasteiger partial charge on any atom is -0.476 e. The summed E-state index contributed by atoms with van der Waals surface area (Å²) in [5.41, 5.74) is 0.700. The summed E-state index contributed by atoms with van der Waals surface area (Å²) >= 11 is 3.29. The van der Waals surface area contributed by atoms with E-state index in [1.165, 1.54) is 6.92 Å². The fourth-order valence-corrected chi connectivity index (χ4v) is 3.76. The zero-order valence-corrected chi connectivity index (χ0v) is 13.5. The van der Waals surface area contributed by atoms with Crippen LogP contribution in [0.25, 0.3) is 0 Å². The standard InChI is InChI=1S/C12H12BrN3O4S/c1-6-5-8(13)3-4-9(6)16-21(19,20)11-7(2)14-15-10(11)12(17)18/h3-5,16H,1-2H3,(H,14,15)(H,17,18). The van der Waals surface area contributed by atoms with Crippen LogP contribution in [-0.4, -0.2) is 29.7 Å². The van der Waals surface area contributed by atoms with Gasteiger partial charge in [0.25, 0.3) is 10.0 Å². The van der Waals surface area contributed by atoms with Gasteiger partial charge in [0.15, 0.2) is 5.69 Å². The van der Waals surface area contributed by atoms with E-state index in [2.05, 4.69) is 30.8 Å². The van der Waals surface area contributed by atoms with Crippen molar-refractivity contribution in [3.05, 3.63) is 39.6 Å². The molecule has 1 heterocycles. The van der Waals surface area contributed by atoms with Crippen molar-refractivity contribution in [2.45, 2.75) is 18.7 Å². The third-order valence-corrected chi connectivity index (χ3v) is 4.81. The number of carbonyl (C=O) groups is 1. The molecule has 0 saturated heterocycles. The Hall–Kier alpha value is -1.87. The van der Waals surface area contributed by atoms with Crippen LogP contribution in [0.4, 0.5) is 5.69 Å². The topological polar surface area (TPSA) is 112 Å². The van der Waals surface area contributed by atoms with E-state index in [4.69, 9.17) is 5.11 Å². The van der Waals surface area contributed by atoms with Gasteiger partial charge in [-0.3, -0.25) is 9.82 Å². The number of halogens is 1. The Morgan fingerprint density at radius 2 is 2.05 bits per heavy atom. The number of benzene rings is 1. The molecule has 112 valence electrons. The number of aryl methyl sites for hydroxylation is 2. The summed E-state index contributed by atoms with van der Waals surface area (Å²) in [5.74, 6) is -1.41. The Morgan fingerprint density at radius 1 is 1.38 bits per heavy atom. The van der Waals surface area contributed by atoms with E-state index in [9.17, 15) is 13.2 Å². The molecule has 0 amide bonds. The Kier molecular flexibility index (Phi) is 4.06. The van der Waals surface area contributed by atoms with Gasteiger partial charge < -0.3 is 5.11 Å². The summed E-state index contributed by atoms with van der Waals surface area (Å²) in [6, 6.07) is 5.02. The largest absolute Gasteiger partial charge is 0.476 e. The maximum atomic E-state index is 12.4. The lowest BCUT2D eigenvalue weighted by Crippen LogP contribution is -2.17. The Morgan fingerprint density at radius 3 is 2.62 bits per heavy atom. The predicted octanol–water partition coefficient (Wildman–Crippen LogP) is 2.29. The number of aromatic carboxylic acids is 1. The minimum atomic E-state index is -4.05. The molecule has 7 nitrogen and oxygen atoms in total. The first-order chi connectivity index (χ1) is 9.72. The van der Waals surface area contributed by atoms with Gasteiger partial charge in [-0.1, -0.05) is 15.9 Å². The zero-order chi connectivity index (χ0) is 15.8. The van der Waals surface area contributed by atoms with Gasteiger partial charge in [-0.15, -0.1) is 0 Å². The van der Waals surface area contributed by atoms with Crippen molar-refractivity contribution >= 4 is 37.6 Å². The maximum Gasteiger partial charge on any atom is 0.357 e. The van der Waals surface area contributed by atoms with Crippen molar-refractivity contribution in [3.63, 3.8) is 0 Å². The lowest BCUT2D eigenvalue weighted by Gasteiger charge is -2.11. The third-order valence-electron chi connectivity index (χ3n) is 2.80. The second kappa shape index (κ2) is 5.49. The smallest absolute Gasteiger partial charge is 0.357 e. The van der Waals surface area contributed by atoms with Gasteiger partial charge >= 0.3 is 5.97 Å². The summed E-state index contributed by atoms with van der Waals surface area (Å²) in [5, 5.41) is 14.9. The minimum absolute atomic E-state index is 0.162. The van der Waals surface area contributed by atoms with E-state index < -0.39 is 21.7 Å². The highest BCUT2D eigenvalue weighted by molar-refractivity contribution is 9.10. The first-order valence-electron chi connectivity index (χ1n) is 5.79. The van der Waals surface area contributed by atoms with Gasteiger partial charge in [0, 0.05) is 4.47 Å². The number of nitrogens with one attached hydrogen (secondary N) is 2. The second-order valence-corrected chi connectivity index (χ2v) is 6.93. The molecular formula is C12H12BrN3O4S. The van der Waals surface area contributed by atoms with Gasteiger partial charge in [-0.25, -0.2) is 13.2 Å². The summed E-state index contributed by atoms with van der Waals surface area (Å²) in [4.78, 5) is 10.7. The van der Waals surface area contributed by atoms with Crippen molar-refractivity contribution in [2.75, 3.05) is 4.72 Å². The summed E-state index contributed by atoms with van der Waals surface area (Å²) in [6.45, 7) is 3.19. The van der Waals surface area contributed by atoms with Crippen molar-refractivity contribution in [3.8, 4) is 0 Å². The third kappa shape index (κ3) is 3.08. The van der Waals surface area contributed by atoms with Crippen LogP contribution in [-0.2, 0) is 10.0 Å². The number of H-pyrrole nitrogens is 1. The number of sulfonamides is 1. The number of carboxylic acid groups (broad SMARTS) is 1. The summed E-state index contributed by atoms with van der Waals surface area (Å²) in [6.07, 6.45) is 0. The summed E-state index contributed by atoms with van der Waals surface area (Å²) in [7, 11) is -4.05. The molecule has 0 aliphatic rings. The lowest BCUT2D eigenvalue weighted by atomic mass is 10.2. The van der Waals surface area contributed by atoms with Crippen molar-refractivity contribution in [1.29, 1.82) is 0 Å². The number of rotatable bonds is 4. The molecular weight excluding hydrogens is 362 g/mol. The fraction of sp³-hybridized carbons (Fsp3) is 0.167. The molecule has 0 saturated carbocycles. The molecule has 2 aromatic rings. The van der Waals surface area contributed by atoms with E-state index in [0.717, 1.165) is 4.47 Å². The molecule has 21 heavy (non-hydrogen) atoms. The maximum absolute atomic E-state index is 12.4. The van der Waals surface area contributed by atoms with Gasteiger partial charge in [-0.05, 0) is 37.6 Å². The fourth-order valence-electron chi connectivity index (χ4n) is 1.83. The molecule has 9 heteroatoms. The van der Waals surface area contributed by atoms with E-state index >= 15 is 0 Å². The second-order valence-electron chi connectivity index (χ2n) is 4.40. The highest BCUT2D eigenvalue weighted by atomic mass is 79.9. The molecule has 0 radical (unpaired) electrons. The average Bonchev–Trinajstić information content (AvgIpc) is 2.76. The number of anilines is 1. The van der Waals surface area contributed by atoms with Crippen LogP contribution in [0.5, 0.6) is 0 Å². The van der Waals surface area contributed by atoms with E-state index in [0.29, 0.717) is 11.3 Å². The number of hydrogen-bond donors (Lipinski definition) is 3. The first kappa shape index (κ1) is 15.5. The van der Waals surface area contributed by atoms with Crippen molar-refractivity contribution < 1.29 is 18.3 Å². The van der Waals surface area contributed by atoms with Crippen molar-refractivity contribution in [2.24, 2.45) is 0 Å². The molecule has 3 N–H and O–H groups in total. The van der Waals surface area contributed by atoms with Crippen LogP contribution in [0.15, 0.2) is 27.6 Å². The lowest BCUT2D eigenvalue weighted by molar-refractivity contribution is 0.0686. The molecule has 1 aromatic carbocycles. The van der Waals surface area contributed by atoms with E-state index in [1.54, 1.807) is 25.1 Å². The molecule has 0 spiro atoms. The first-order valence-corrected chi connectivity index (χ1v) is 8.07. The van der Waals surface area contributed by atoms with Gasteiger partial charge in [0.2, 0.25) is 0 Å². The Balaban J connectivity index is 2.48. The number of aromatic amines is 1. The molecule has 0 fully saturated rings. The van der Waals surface area contributed by atoms with Crippen molar-refractivity contribution in [1.82, 2.24) is 10.2 Å². The summed E-state index contributed by atoms with van der Waals surface area (Å²) < 4.78 is 28.0. The molecule has 0 unspecified atom stereocenters. The molecule has 0 bridgehead atoms. The highest BCUT2D eigenvalue weighted by Gasteiger charge is 2.28. The number of hydrogen-bond acceptors (Lipinski definition) is 4. The Bertz CT molecular complexity index is 814. The van der Waals surface area contributed by atoms with E-state index in [-0.39, 0.29) is 10.6 Å². The van der Waals surface area contributed by atoms with Crippen LogP contribution in [0.1, 0.15) is 21.7 Å². The van der Waals surface area contributed by atoms with E-state index in [1.807, 2.05) is 0 Å². The van der Waals surface area contributed by atoms with Gasteiger partial charge in [0.1, 0.15) is 4.90 Å². The zero-order valence-electron chi connectivity index (χ0n) is 11.1. The highest BCUT2D eigenvalue weighted by Crippen LogP contribution is 2.25. The van der Waals surface area contributed by atoms with Gasteiger partial charge in [0.05, 0.1) is 11.4 Å². The number of carboxylic acids is 1. The number of nitrogens with zero attached hydrogens (tertiary/aromatic N) is 1. The molecule has 0 atom stereocenters. The quantitative estimate of drug-likeness (QED) is 0.760. The average molecular weight is 374 g/mol. The molecule has 1 aromatic heterocycles. The predicted molar refractivity (Wildman–Crippen MR) is 80.0 cm³/mol. The molecule has 0 aliphatic carbocycles. The Labute approximate surface area is 129 Å². The van der Waals surface area contributed by atoms with Crippen LogP contribution in [0, 0.1) is 13.8 Å². The van der Waals surface area contributed by atoms with Crippen LogP contribution >= 0.6 is 15.9 Å². The van der Waals surface area contributed by atoms with Crippen LogP contribution in [0.3, 0.4) is 0 Å². The molecule has 2 rings (SSSR count). The normalized spacial score (nSPS) is 11.4.